The SMILES string of the molecule is CCOC(=O)c1cc(N)c(N)c(OC)c1. The molecule has 0 amide bonds. The Morgan fingerprint density at radius 2 is 2.07 bits per heavy atom. The van der Waals surface area contributed by atoms with Crippen LogP contribution in [0.3, 0.4) is 0 Å². The van der Waals surface area contributed by atoms with Crippen LogP contribution in [0.5, 0.6) is 5.75 Å². The summed E-state index contributed by atoms with van der Waals surface area (Å²) < 4.78 is 9.81. The summed E-state index contributed by atoms with van der Waals surface area (Å²) in [6.07, 6.45) is 0. The van der Waals surface area contributed by atoms with Crippen molar-refractivity contribution in [2.75, 3.05) is 25.2 Å². The normalized spacial score (nSPS) is 9.73. The molecule has 0 unspecified atom stereocenters. The van der Waals surface area contributed by atoms with Crippen LogP contribution in [0.1, 0.15) is 17.3 Å². The predicted octanol–water partition coefficient (Wildman–Crippen LogP) is 1.04. The van der Waals surface area contributed by atoms with E-state index in [1.54, 1.807) is 6.92 Å². The summed E-state index contributed by atoms with van der Waals surface area (Å²) in [7, 11) is 1.46. The lowest BCUT2D eigenvalue weighted by Gasteiger charge is -2.09. The third-order valence-corrected chi connectivity index (χ3v) is 1.91. The van der Waals surface area contributed by atoms with Crippen LogP contribution in [0.25, 0.3) is 0 Å². The van der Waals surface area contributed by atoms with E-state index in [-0.39, 0.29) is 0 Å². The number of hydrogen-bond donors (Lipinski definition) is 2. The van der Waals surface area contributed by atoms with Crippen molar-refractivity contribution in [1.29, 1.82) is 0 Å². The van der Waals surface area contributed by atoms with Crippen molar-refractivity contribution in [3.8, 4) is 5.75 Å². The molecule has 0 aliphatic carbocycles. The second kappa shape index (κ2) is 4.54. The predicted molar refractivity (Wildman–Crippen MR) is 57.8 cm³/mol. The monoisotopic (exact) mass is 210 g/mol. The molecule has 15 heavy (non-hydrogen) atoms. The first-order valence-electron chi connectivity index (χ1n) is 4.50. The largest absolute Gasteiger partial charge is 0.494 e. The third-order valence-electron chi connectivity index (χ3n) is 1.91. The van der Waals surface area contributed by atoms with Crippen LogP contribution in [-0.4, -0.2) is 19.7 Å². The van der Waals surface area contributed by atoms with Crippen LogP contribution in [0.4, 0.5) is 11.4 Å². The van der Waals surface area contributed by atoms with Gasteiger partial charge in [0.15, 0.2) is 0 Å². The number of nitrogen functional groups attached to an aromatic ring is 2. The summed E-state index contributed by atoms with van der Waals surface area (Å²) >= 11 is 0. The molecule has 4 N–H and O–H groups in total. The van der Waals surface area contributed by atoms with Gasteiger partial charge < -0.3 is 20.9 Å². The van der Waals surface area contributed by atoms with E-state index < -0.39 is 5.97 Å². The number of benzene rings is 1. The lowest BCUT2D eigenvalue weighted by Crippen LogP contribution is -2.07. The number of ether oxygens (including phenoxy) is 2. The second-order valence-electron chi connectivity index (χ2n) is 2.90. The fourth-order valence-corrected chi connectivity index (χ4v) is 1.15. The summed E-state index contributed by atoms with van der Waals surface area (Å²) in [6, 6.07) is 2.97. The first kappa shape index (κ1) is 11.2. The topological polar surface area (TPSA) is 87.6 Å². The summed E-state index contributed by atoms with van der Waals surface area (Å²) in [5, 5.41) is 0. The number of carbonyl (C=O) groups is 1. The van der Waals surface area contributed by atoms with Gasteiger partial charge in [-0.2, -0.15) is 0 Å². The maximum Gasteiger partial charge on any atom is 0.338 e. The van der Waals surface area contributed by atoms with Crippen LogP contribution < -0.4 is 16.2 Å². The molecule has 0 aliphatic rings. The van der Waals surface area contributed by atoms with Crippen LogP contribution in [0.2, 0.25) is 0 Å². The molecule has 5 nitrogen and oxygen atoms in total. The van der Waals surface area contributed by atoms with Gasteiger partial charge >= 0.3 is 5.97 Å². The molecule has 0 aliphatic heterocycles. The minimum atomic E-state index is -0.442. The van der Waals surface area contributed by atoms with Crippen LogP contribution in [0.15, 0.2) is 12.1 Å². The van der Waals surface area contributed by atoms with Gasteiger partial charge in [-0.25, -0.2) is 4.79 Å². The number of methoxy groups -OCH3 is 1. The molecule has 0 fully saturated rings. The number of rotatable bonds is 3. The lowest BCUT2D eigenvalue weighted by atomic mass is 10.1. The summed E-state index contributed by atoms with van der Waals surface area (Å²) in [5.74, 6) is -0.0689. The Bertz CT molecular complexity index is 377. The van der Waals surface area contributed by atoms with Crippen LogP contribution in [0, 0.1) is 0 Å². The van der Waals surface area contributed by atoms with Crippen molar-refractivity contribution in [1.82, 2.24) is 0 Å². The fourth-order valence-electron chi connectivity index (χ4n) is 1.15. The molecule has 0 aromatic heterocycles. The maximum absolute atomic E-state index is 11.4. The highest BCUT2D eigenvalue weighted by Crippen LogP contribution is 2.29. The molecule has 0 saturated heterocycles. The average Bonchev–Trinajstić information content (AvgIpc) is 2.22. The lowest BCUT2D eigenvalue weighted by molar-refractivity contribution is 0.0526. The van der Waals surface area contributed by atoms with Crippen molar-refractivity contribution in [2.24, 2.45) is 0 Å². The zero-order valence-electron chi connectivity index (χ0n) is 8.74. The van der Waals surface area contributed by atoms with E-state index in [1.165, 1.54) is 19.2 Å². The molecule has 1 aromatic carbocycles. The van der Waals surface area contributed by atoms with Crippen molar-refractivity contribution < 1.29 is 14.3 Å². The zero-order valence-corrected chi connectivity index (χ0v) is 8.74. The summed E-state index contributed by atoms with van der Waals surface area (Å²) in [5.41, 5.74) is 12.2. The van der Waals surface area contributed by atoms with Crippen molar-refractivity contribution in [3.05, 3.63) is 17.7 Å². The molecule has 0 spiro atoms. The van der Waals surface area contributed by atoms with Crippen LogP contribution >= 0.6 is 0 Å². The van der Waals surface area contributed by atoms with Gasteiger partial charge in [0.25, 0.3) is 0 Å². The molecule has 0 radical (unpaired) electrons. The van der Waals surface area contributed by atoms with Gasteiger partial charge in [-0.1, -0.05) is 0 Å². The van der Waals surface area contributed by atoms with Gasteiger partial charge in [-0.15, -0.1) is 0 Å². The van der Waals surface area contributed by atoms with E-state index in [1.807, 2.05) is 0 Å². The highest BCUT2D eigenvalue weighted by Gasteiger charge is 2.12. The van der Waals surface area contributed by atoms with Crippen molar-refractivity contribution >= 4 is 17.3 Å². The molecule has 82 valence electrons. The van der Waals surface area contributed by atoms with E-state index in [0.717, 1.165) is 0 Å². The standard InChI is InChI=1S/C10H14N2O3/c1-3-15-10(13)6-4-7(11)9(12)8(5-6)14-2/h4-5H,3,11-12H2,1-2H3. The van der Waals surface area contributed by atoms with Gasteiger partial charge in [0.2, 0.25) is 0 Å². The molecular formula is C10H14N2O3. The first-order chi connectivity index (χ1) is 7.10. The number of hydrogen-bond acceptors (Lipinski definition) is 5. The van der Waals surface area contributed by atoms with Crippen molar-refractivity contribution in [3.63, 3.8) is 0 Å². The maximum atomic E-state index is 11.4. The highest BCUT2D eigenvalue weighted by molar-refractivity contribution is 5.93. The molecule has 0 atom stereocenters. The molecule has 1 rings (SSSR count). The molecule has 5 heteroatoms. The Labute approximate surface area is 88.0 Å². The van der Waals surface area contributed by atoms with Crippen LogP contribution in [-0.2, 0) is 4.74 Å². The first-order valence-corrected chi connectivity index (χ1v) is 4.50. The molecule has 0 saturated carbocycles. The summed E-state index contributed by atoms with van der Waals surface area (Å²) in [4.78, 5) is 11.4. The van der Waals surface area contributed by atoms with Crippen molar-refractivity contribution in [2.45, 2.75) is 6.92 Å². The number of carbonyl (C=O) groups excluding carboxylic acids is 1. The smallest absolute Gasteiger partial charge is 0.338 e. The molecular weight excluding hydrogens is 196 g/mol. The number of anilines is 2. The highest BCUT2D eigenvalue weighted by atomic mass is 16.5. The Hall–Kier alpha value is -1.91. The van der Waals surface area contributed by atoms with E-state index in [4.69, 9.17) is 20.9 Å². The minimum Gasteiger partial charge on any atom is -0.494 e. The molecule has 0 heterocycles. The average molecular weight is 210 g/mol. The number of esters is 1. The Balaban J connectivity index is 3.10. The summed E-state index contributed by atoms with van der Waals surface area (Å²) in [6.45, 7) is 2.04. The number of nitrogens with two attached hydrogens (primary N) is 2. The van der Waals surface area contributed by atoms with E-state index in [9.17, 15) is 4.79 Å². The van der Waals surface area contributed by atoms with E-state index in [2.05, 4.69) is 0 Å². The Morgan fingerprint density at radius 3 is 2.60 bits per heavy atom. The molecule has 0 bridgehead atoms. The zero-order chi connectivity index (χ0) is 11.4. The quantitative estimate of drug-likeness (QED) is 0.574. The Kier molecular flexibility index (Phi) is 3.38. The fraction of sp³-hybridized carbons (Fsp3) is 0.300. The molecule has 1 aromatic rings. The van der Waals surface area contributed by atoms with Gasteiger partial charge in [0.05, 0.1) is 30.7 Å². The minimum absolute atomic E-state index is 0.303. The Morgan fingerprint density at radius 1 is 1.40 bits per heavy atom. The third kappa shape index (κ3) is 2.31. The van der Waals surface area contributed by atoms with Gasteiger partial charge in [-0.3, -0.25) is 0 Å². The van der Waals surface area contributed by atoms with E-state index in [0.29, 0.717) is 29.3 Å². The van der Waals surface area contributed by atoms with Gasteiger partial charge in [0, 0.05) is 0 Å². The van der Waals surface area contributed by atoms with E-state index >= 15 is 0 Å². The van der Waals surface area contributed by atoms with Gasteiger partial charge in [0.1, 0.15) is 5.75 Å². The second-order valence-corrected chi connectivity index (χ2v) is 2.90. The van der Waals surface area contributed by atoms with Gasteiger partial charge in [-0.05, 0) is 19.1 Å².